The van der Waals surface area contributed by atoms with Crippen LogP contribution >= 0.6 is 11.8 Å². The van der Waals surface area contributed by atoms with E-state index in [2.05, 4.69) is 15.3 Å². The van der Waals surface area contributed by atoms with Crippen molar-refractivity contribution in [1.82, 2.24) is 0 Å². The smallest absolute Gasteiger partial charge is 0.369 e. The molecular formula is C12H11F2N3O2S. The predicted octanol–water partition coefficient (Wildman–Crippen LogP) is 2.86. The zero-order chi connectivity index (χ0) is 15.0. The lowest BCUT2D eigenvalue weighted by atomic mass is 10.3. The number of benzene rings is 1. The van der Waals surface area contributed by atoms with Crippen molar-refractivity contribution in [3.05, 3.63) is 24.3 Å². The summed E-state index contributed by atoms with van der Waals surface area (Å²) in [5.74, 6) is -3.31. The van der Waals surface area contributed by atoms with E-state index in [-0.39, 0.29) is 6.61 Å². The molecule has 0 saturated heterocycles. The van der Waals surface area contributed by atoms with E-state index in [1.165, 1.54) is 24.3 Å². The summed E-state index contributed by atoms with van der Waals surface area (Å²) in [6, 6.07) is 7.58. The minimum atomic E-state index is -2.49. The van der Waals surface area contributed by atoms with Gasteiger partial charge in [0.25, 0.3) is 5.76 Å². The number of esters is 1. The Labute approximate surface area is 118 Å². The van der Waals surface area contributed by atoms with Crippen LogP contribution in [-0.2, 0) is 9.53 Å². The number of halogens is 2. The van der Waals surface area contributed by atoms with E-state index in [0.717, 1.165) is 0 Å². The van der Waals surface area contributed by atoms with Gasteiger partial charge in [0.05, 0.1) is 12.3 Å². The molecule has 1 rings (SSSR count). The van der Waals surface area contributed by atoms with Crippen molar-refractivity contribution in [2.75, 3.05) is 12.0 Å². The number of alkyl halides is 2. The Kier molecular flexibility index (Phi) is 6.46. The average molecular weight is 299 g/mol. The van der Waals surface area contributed by atoms with Gasteiger partial charge >= 0.3 is 5.97 Å². The molecule has 0 heterocycles. The van der Waals surface area contributed by atoms with Crippen LogP contribution in [0.4, 0.5) is 14.5 Å². The van der Waals surface area contributed by atoms with Crippen molar-refractivity contribution in [2.24, 2.45) is 5.10 Å². The van der Waals surface area contributed by atoms with Crippen molar-refractivity contribution >= 4 is 29.1 Å². The maximum absolute atomic E-state index is 12.1. The number of hydrazone groups is 1. The van der Waals surface area contributed by atoms with Crippen molar-refractivity contribution in [3.63, 3.8) is 0 Å². The molecule has 1 aromatic carbocycles. The molecule has 0 unspecified atom stereocenters. The number of carbonyl (C=O) groups is 1. The van der Waals surface area contributed by atoms with Gasteiger partial charge in [-0.1, -0.05) is 11.8 Å². The van der Waals surface area contributed by atoms with Crippen molar-refractivity contribution in [3.8, 4) is 6.07 Å². The zero-order valence-electron chi connectivity index (χ0n) is 10.5. The van der Waals surface area contributed by atoms with Crippen LogP contribution in [0.3, 0.4) is 0 Å². The molecule has 0 amide bonds. The first-order chi connectivity index (χ1) is 9.56. The molecule has 106 valence electrons. The molecule has 0 aliphatic heterocycles. The number of hydrogen-bond donors (Lipinski definition) is 1. The Hall–Kier alpha value is -2.14. The average Bonchev–Trinajstić information content (AvgIpc) is 2.41. The first-order valence-corrected chi connectivity index (χ1v) is 6.40. The van der Waals surface area contributed by atoms with Gasteiger partial charge in [0.15, 0.2) is 0 Å². The number of thioether (sulfide) groups is 1. The van der Waals surface area contributed by atoms with Crippen LogP contribution in [0.2, 0.25) is 0 Å². The molecule has 1 N–H and O–H groups in total. The van der Waals surface area contributed by atoms with Gasteiger partial charge < -0.3 is 4.74 Å². The molecule has 5 nitrogen and oxygen atoms in total. The van der Waals surface area contributed by atoms with E-state index in [9.17, 15) is 13.6 Å². The van der Waals surface area contributed by atoms with Crippen molar-refractivity contribution in [2.45, 2.75) is 17.6 Å². The summed E-state index contributed by atoms with van der Waals surface area (Å²) in [7, 11) is 0. The van der Waals surface area contributed by atoms with E-state index >= 15 is 0 Å². The highest BCUT2D eigenvalue weighted by Gasteiger charge is 2.11. The molecule has 0 fully saturated rings. The normalized spacial score (nSPS) is 11.1. The highest BCUT2D eigenvalue weighted by Crippen LogP contribution is 2.26. The monoisotopic (exact) mass is 299 g/mol. The Morgan fingerprint density at radius 1 is 1.50 bits per heavy atom. The molecule has 1 aromatic rings. The fourth-order valence-corrected chi connectivity index (χ4v) is 1.65. The van der Waals surface area contributed by atoms with Crippen LogP contribution in [0.15, 0.2) is 34.3 Å². The lowest BCUT2D eigenvalue weighted by Gasteiger charge is -2.03. The molecule has 8 heteroatoms. The minimum Gasteiger partial charge on any atom is -0.461 e. The molecule has 0 aliphatic rings. The molecule has 0 saturated carbocycles. The van der Waals surface area contributed by atoms with Crippen LogP contribution < -0.4 is 5.43 Å². The molecule has 0 spiro atoms. The Bertz CT molecular complexity index is 526. The highest BCUT2D eigenvalue weighted by atomic mass is 32.2. The van der Waals surface area contributed by atoms with Crippen LogP contribution in [-0.4, -0.2) is 24.0 Å². The van der Waals surface area contributed by atoms with Crippen molar-refractivity contribution < 1.29 is 18.3 Å². The summed E-state index contributed by atoms with van der Waals surface area (Å²) < 4.78 is 28.9. The second-order valence-corrected chi connectivity index (χ2v) is 4.37. The van der Waals surface area contributed by atoms with Crippen LogP contribution in [0.5, 0.6) is 0 Å². The van der Waals surface area contributed by atoms with Crippen molar-refractivity contribution in [1.29, 1.82) is 5.26 Å². The Morgan fingerprint density at radius 3 is 2.65 bits per heavy atom. The number of nitrogens with zero attached hydrogens (tertiary/aromatic N) is 2. The highest BCUT2D eigenvalue weighted by molar-refractivity contribution is 7.99. The summed E-state index contributed by atoms with van der Waals surface area (Å²) in [6.45, 7) is 1.75. The van der Waals surface area contributed by atoms with Gasteiger partial charge in [-0.05, 0) is 31.2 Å². The fraction of sp³-hybridized carbons (Fsp3) is 0.250. The molecule has 0 aromatic heterocycles. The number of carbonyl (C=O) groups excluding carboxylic acids is 1. The number of nitrogens with one attached hydrogen (secondary N) is 1. The van der Waals surface area contributed by atoms with Crippen LogP contribution in [0.1, 0.15) is 6.92 Å². The number of rotatable bonds is 6. The standard InChI is InChI=1S/C12H11F2N3O2S/c1-2-19-11(18)10(7-15)17-16-8-3-5-9(6-4-8)20-12(13)14/h3-6,12,16H,2H2,1H3. The Balaban J connectivity index is 2.68. The molecule has 0 atom stereocenters. The molecule has 20 heavy (non-hydrogen) atoms. The predicted molar refractivity (Wildman–Crippen MR) is 71.6 cm³/mol. The quantitative estimate of drug-likeness (QED) is 0.378. The lowest BCUT2D eigenvalue weighted by molar-refractivity contribution is -0.134. The first-order valence-electron chi connectivity index (χ1n) is 5.52. The van der Waals surface area contributed by atoms with E-state index in [4.69, 9.17) is 5.26 Å². The summed E-state index contributed by atoms with van der Waals surface area (Å²) in [6.07, 6.45) is 0. The molecule has 0 radical (unpaired) electrons. The summed E-state index contributed by atoms with van der Waals surface area (Å²) in [5.41, 5.74) is 2.52. The van der Waals surface area contributed by atoms with E-state index in [1.54, 1.807) is 13.0 Å². The number of anilines is 1. The van der Waals surface area contributed by atoms with E-state index < -0.39 is 17.4 Å². The molecule has 0 aliphatic carbocycles. The third-order valence-electron chi connectivity index (χ3n) is 1.95. The van der Waals surface area contributed by atoms with E-state index in [0.29, 0.717) is 22.3 Å². The fourth-order valence-electron chi connectivity index (χ4n) is 1.15. The van der Waals surface area contributed by atoms with Gasteiger partial charge in [-0.25, -0.2) is 4.79 Å². The minimum absolute atomic E-state index is 0.138. The van der Waals surface area contributed by atoms with Gasteiger partial charge in [-0.15, -0.1) is 0 Å². The van der Waals surface area contributed by atoms with Gasteiger partial charge in [-0.2, -0.15) is 19.1 Å². The summed E-state index contributed by atoms with van der Waals surface area (Å²) >= 11 is 0.424. The third kappa shape index (κ3) is 5.24. The summed E-state index contributed by atoms with van der Waals surface area (Å²) in [4.78, 5) is 11.7. The molecule has 0 bridgehead atoms. The number of ether oxygens (including phenoxy) is 1. The zero-order valence-corrected chi connectivity index (χ0v) is 11.3. The third-order valence-corrected chi connectivity index (χ3v) is 2.67. The second kappa shape index (κ2) is 8.12. The SMILES string of the molecule is CCOC(=O)C(C#N)=NNc1ccc(SC(F)F)cc1. The summed E-state index contributed by atoms with van der Waals surface area (Å²) in [5, 5.41) is 12.3. The van der Waals surface area contributed by atoms with Gasteiger partial charge in [0, 0.05) is 4.90 Å². The van der Waals surface area contributed by atoms with Crippen LogP contribution in [0, 0.1) is 11.3 Å². The topological polar surface area (TPSA) is 74.5 Å². The number of hydrogen-bond acceptors (Lipinski definition) is 6. The Morgan fingerprint density at radius 2 is 2.15 bits per heavy atom. The molecular weight excluding hydrogens is 288 g/mol. The van der Waals surface area contributed by atoms with E-state index in [1.807, 2.05) is 0 Å². The lowest BCUT2D eigenvalue weighted by Crippen LogP contribution is -2.17. The first kappa shape index (κ1) is 15.9. The van der Waals surface area contributed by atoms with Crippen LogP contribution in [0.25, 0.3) is 0 Å². The second-order valence-electron chi connectivity index (χ2n) is 3.31. The maximum atomic E-state index is 12.1. The van der Waals surface area contributed by atoms with Gasteiger partial charge in [0.2, 0.25) is 5.71 Å². The van der Waals surface area contributed by atoms with Gasteiger partial charge in [-0.3, -0.25) is 5.43 Å². The van der Waals surface area contributed by atoms with Gasteiger partial charge in [0.1, 0.15) is 6.07 Å². The maximum Gasteiger partial charge on any atom is 0.369 e. The number of nitriles is 1. The largest absolute Gasteiger partial charge is 0.461 e.